The molecule has 0 fully saturated rings. The number of nitrogens with zero attached hydrogens (tertiary/aromatic N) is 1. The number of aromatic nitrogens is 1. The van der Waals surface area contributed by atoms with Crippen LogP contribution in [0.3, 0.4) is 0 Å². The number of carbonyl (C=O) groups is 1. The highest BCUT2D eigenvalue weighted by atomic mass is 79.9. The van der Waals surface area contributed by atoms with Gasteiger partial charge in [0.05, 0.1) is 10.7 Å². The molecule has 1 atom stereocenters. The number of aryl methyl sites for hydroxylation is 2. The van der Waals surface area contributed by atoms with Crippen molar-refractivity contribution < 1.29 is 4.79 Å². The van der Waals surface area contributed by atoms with Crippen molar-refractivity contribution in [1.82, 2.24) is 10.3 Å². The molecule has 1 heterocycles. The molecule has 0 saturated carbocycles. The van der Waals surface area contributed by atoms with Gasteiger partial charge in [0.25, 0.3) is 5.91 Å². The van der Waals surface area contributed by atoms with E-state index in [1.54, 1.807) is 0 Å². The molecule has 5 heteroatoms. The lowest BCUT2D eigenvalue weighted by Gasteiger charge is -2.04. The van der Waals surface area contributed by atoms with Crippen LogP contribution >= 0.6 is 27.3 Å². The fourth-order valence-electron chi connectivity index (χ4n) is 1.21. The number of nitrogens with one attached hydrogen (secondary N) is 1. The van der Waals surface area contributed by atoms with Crippen LogP contribution in [0.15, 0.2) is 0 Å². The summed E-state index contributed by atoms with van der Waals surface area (Å²) in [6.45, 7) is 6.54. The van der Waals surface area contributed by atoms with Crippen LogP contribution in [0.2, 0.25) is 0 Å². The summed E-state index contributed by atoms with van der Waals surface area (Å²) in [5.41, 5.74) is 0.821. The first kappa shape index (κ1) is 12.6. The number of alkyl halides is 1. The van der Waals surface area contributed by atoms with Gasteiger partial charge in [-0.1, -0.05) is 22.9 Å². The van der Waals surface area contributed by atoms with Crippen molar-refractivity contribution in [3.05, 3.63) is 15.6 Å². The van der Waals surface area contributed by atoms with E-state index >= 15 is 0 Å². The highest BCUT2D eigenvalue weighted by molar-refractivity contribution is 9.09. The fourth-order valence-corrected chi connectivity index (χ4v) is 2.27. The Balaban J connectivity index is 2.50. The molecule has 0 bridgehead atoms. The van der Waals surface area contributed by atoms with E-state index in [1.807, 2.05) is 13.8 Å². The zero-order valence-corrected chi connectivity index (χ0v) is 11.5. The summed E-state index contributed by atoms with van der Waals surface area (Å²) in [7, 11) is 0. The number of thiazole rings is 1. The third-order valence-electron chi connectivity index (χ3n) is 1.94. The molecule has 1 aromatic rings. The summed E-state index contributed by atoms with van der Waals surface area (Å²) in [5, 5.41) is 3.82. The maximum atomic E-state index is 11.7. The smallest absolute Gasteiger partial charge is 0.263 e. The van der Waals surface area contributed by atoms with Crippen molar-refractivity contribution >= 4 is 33.2 Å². The lowest BCUT2D eigenvalue weighted by molar-refractivity contribution is 0.0956. The average molecular weight is 291 g/mol. The topological polar surface area (TPSA) is 42.0 Å². The number of hydrogen-bond donors (Lipinski definition) is 1. The molecule has 0 aromatic carbocycles. The molecule has 1 amide bonds. The van der Waals surface area contributed by atoms with Crippen LogP contribution < -0.4 is 5.32 Å². The van der Waals surface area contributed by atoms with Crippen LogP contribution in [0.5, 0.6) is 0 Å². The van der Waals surface area contributed by atoms with Crippen LogP contribution in [-0.2, 0) is 0 Å². The standard InChI is InChI=1S/C10H15BrN2OS/c1-6(11)4-5-12-10(14)9-7(2)13-8(3)15-9/h6H,4-5H2,1-3H3,(H,12,14). The van der Waals surface area contributed by atoms with Crippen LogP contribution in [0.4, 0.5) is 0 Å². The van der Waals surface area contributed by atoms with Gasteiger partial charge in [0.2, 0.25) is 0 Å². The van der Waals surface area contributed by atoms with E-state index in [2.05, 4.69) is 33.2 Å². The number of carbonyl (C=O) groups excluding carboxylic acids is 1. The lowest BCUT2D eigenvalue weighted by Crippen LogP contribution is -2.25. The number of hydrogen-bond acceptors (Lipinski definition) is 3. The summed E-state index contributed by atoms with van der Waals surface area (Å²) < 4.78 is 0. The number of halogens is 1. The first-order valence-electron chi connectivity index (χ1n) is 4.87. The van der Waals surface area contributed by atoms with Crippen molar-refractivity contribution in [3.8, 4) is 0 Å². The minimum atomic E-state index is -0.00810. The minimum Gasteiger partial charge on any atom is -0.351 e. The Morgan fingerprint density at radius 3 is 2.73 bits per heavy atom. The van der Waals surface area contributed by atoms with Gasteiger partial charge in [-0.2, -0.15) is 0 Å². The molecule has 0 aliphatic heterocycles. The summed E-state index contributed by atoms with van der Waals surface area (Å²) >= 11 is 4.88. The van der Waals surface area contributed by atoms with E-state index in [4.69, 9.17) is 0 Å². The van der Waals surface area contributed by atoms with E-state index in [1.165, 1.54) is 11.3 Å². The number of rotatable bonds is 4. The summed E-state index contributed by atoms with van der Waals surface area (Å²) in [6, 6.07) is 0. The molecule has 0 saturated heterocycles. The minimum absolute atomic E-state index is 0.00810. The van der Waals surface area contributed by atoms with Crippen LogP contribution in [0, 0.1) is 13.8 Å². The van der Waals surface area contributed by atoms with Gasteiger partial charge in [-0.05, 0) is 20.3 Å². The van der Waals surface area contributed by atoms with Crippen LogP contribution in [0.25, 0.3) is 0 Å². The second kappa shape index (κ2) is 5.61. The third-order valence-corrected chi connectivity index (χ3v) is 3.47. The van der Waals surface area contributed by atoms with Gasteiger partial charge in [0.15, 0.2) is 0 Å². The molecule has 1 rings (SSSR count). The Morgan fingerprint density at radius 2 is 2.27 bits per heavy atom. The van der Waals surface area contributed by atoms with E-state index in [-0.39, 0.29) is 5.91 Å². The molecule has 1 N–H and O–H groups in total. The molecule has 1 unspecified atom stereocenters. The Morgan fingerprint density at radius 1 is 1.60 bits per heavy atom. The van der Waals surface area contributed by atoms with Gasteiger partial charge in [0.1, 0.15) is 4.88 Å². The second-order valence-electron chi connectivity index (χ2n) is 3.47. The van der Waals surface area contributed by atoms with Crippen molar-refractivity contribution in [3.63, 3.8) is 0 Å². The molecular weight excluding hydrogens is 276 g/mol. The average Bonchev–Trinajstić information content (AvgIpc) is 2.44. The van der Waals surface area contributed by atoms with Crippen molar-refractivity contribution in [2.75, 3.05) is 6.54 Å². The fraction of sp³-hybridized carbons (Fsp3) is 0.600. The first-order valence-corrected chi connectivity index (χ1v) is 6.60. The Hall–Kier alpha value is -0.420. The van der Waals surface area contributed by atoms with Gasteiger partial charge in [-0.3, -0.25) is 4.79 Å². The lowest BCUT2D eigenvalue weighted by atomic mass is 10.3. The van der Waals surface area contributed by atoms with Gasteiger partial charge in [0, 0.05) is 11.4 Å². The van der Waals surface area contributed by atoms with Gasteiger partial charge in [-0.25, -0.2) is 4.98 Å². The highest BCUT2D eigenvalue weighted by Gasteiger charge is 2.12. The van der Waals surface area contributed by atoms with E-state index in [0.717, 1.165) is 22.0 Å². The number of amides is 1. The summed E-state index contributed by atoms with van der Waals surface area (Å²) in [6.07, 6.45) is 0.933. The zero-order chi connectivity index (χ0) is 11.4. The Bertz CT molecular complexity index is 349. The first-order chi connectivity index (χ1) is 7.00. The molecule has 0 spiro atoms. The highest BCUT2D eigenvalue weighted by Crippen LogP contribution is 2.16. The Kier molecular flexibility index (Phi) is 4.73. The third kappa shape index (κ3) is 3.91. The molecular formula is C10H15BrN2OS. The monoisotopic (exact) mass is 290 g/mol. The molecule has 1 aromatic heterocycles. The van der Waals surface area contributed by atoms with Crippen molar-refractivity contribution in [2.45, 2.75) is 32.0 Å². The normalized spacial score (nSPS) is 12.5. The Labute approximate surface area is 102 Å². The quantitative estimate of drug-likeness (QED) is 0.867. The van der Waals surface area contributed by atoms with Crippen LogP contribution in [0.1, 0.15) is 33.7 Å². The summed E-state index contributed by atoms with van der Waals surface area (Å²) in [5.74, 6) is -0.00810. The predicted octanol–water partition coefficient (Wildman–Crippen LogP) is 2.66. The van der Waals surface area contributed by atoms with E-state index in [9.17, 15) is 4.79 Å². The maximum absolute atomic E-state index is 11.7. The van der Waals surface area contributed by atoms with E-state index in [0.29, 0.717) is 11.4 Å². The SMILES string of the molecule is Cc1nc(C)c(C(=O)NCCC(C)Br)s1. The summed E-state index contributed by atoms with van der Waals surface area (Å²) in [4.78, 5) is 17.1. The predicted molar refractivity (Wildman–Crippen MR) is 66.9 cm³/mol. The molecule has 15 heavy (non-hydrogen) atoms. The molecule has 3 nitrogen and oxygen atoms in total. The van der Waals surface area contributed by atoms with Crippen molar-refractivity contribution in [2.24, 2.45) is 0 Å². The van der Waals surface area contributed by atoms with Crippen LogP contribution in [-0.4, -0.2) is 22.3 Å². The zero-order valence-electron chi connectivity index (χ0n) is 9.13. The van der Waals surface area contributed by atoms with Gasteiger partial charge in [-0.15, -0.1) is 11.3 Å². The molecule has 84 valence electrons. The largest absolute Gasteiger partial charge is 0.351 e. The molecule has 0 aliphatic rings. The molecule has 0 aliphatic carbocycles. The molecule has 0 radical (unpaired) electrons. The van der Waals surface area contributed by atoms with Gasteiger partial charge < -0.3 is 5.32 Å². The second-order valence-corrected chi connectivity index (χ2v) is 6.24. The maximum Gasteiger partial charge on any atom is 0.263 e. The van der Waals surface area contributed by atoms with E-state index < -0.39 is 0 Å². The van der Waals surface area contributed by atoms with Crippen molar-refractivity contribution in [1.29, 1.82) is 0 Å². The van der Waals surface area contributed by atoms with Gasteiger partial charge >= 0.3 is 0 Å².